The van der Waals surface area contributed by atoms with Gasteiger partial charge in [-0.15, -0.1) is 0 Å². The van der Waals surface area contributed by atoms with Crippen molar-refractivity contribution in [1.82, 2.24) is 0 Å². The number of carboxylic acids is 1. The molecule has 0 bridgehead atoms. The Morgan fingerprint density at radius 2 is 1.89 bits per heavy atom. The molecule has 0 aromatic heterocycles. The molecule has 3 rings (SSSR count). The minimum Gasteiger partial charge on any atom is -0.490 e. The predicted molar refractivity (Wildman–Crippen MR) is 107 cm³/mol. The molecule has 1 aliphatic rings. The minimum atomic E-state index is -0.933. The molecular formula is C22H25NO5. The summed E-state index contributed by atoms with van der Waals surface area (Å²) < 4.78 is 11.4. The van der Waals surface area contributed by atoms with Gasteiger partial charge in [-0.1, -0.05) is 31.5 Å². The molecule has 1 atom stereocenters. The second-order valence-corrected chi connectivity index (χ2v) is 6.66. The molecule has 2 aromatic carbocycles. The van der Waals surface area contributed by atoms with Crippen molar-refractivity contribution < 1.29 is 24.2 Å². The third-order valence-electron chi connectivity index (χ3n) is 4.76. The van der Waals surface area contributed by atoms with Crippen molar-refractivity contribution in [2.24, 2.45) is 0 Å². The maximum atomic E-state index is 13.1. The van der Waals surface area contributed by atoms with Crippen molar-refractivity contribution in [2.75, 3.05) is 24.7 Å². The van der Waals surface area contributed by atoms with Crippen LogP contribution in [0.3, 0.4) is 0 Å². The molecule has 6 nitrogen and oxygen atoms in total. The number of fused-ring (bicyclic) bond motifs is 1. The van der Waals surface area contributed by atoms with E-state index in [9.17, 15) is 14.7 Å². The first-order valence-corrected chi connectivity index (χ1v) is 9.60. The Labute approximate surface area is 164 Å². The molecule has 0 saturated carbocycles. The Bertz CT molecular complexity index is 864. The van der Waals surface area contributed by atoms with Gasteiger partial charge in [0.2, 0.25) is 0 Å². The van der Waals surface area contributed by atoms with Gasteiger partial charge in [0.05, 0.1) is 13.2 Å². The molecule has 1 aliphatic heterocycles. The highest BCUT2D eigenvalue weighted by Crippen LogP contribution is 2.38. The van der Waals surface area contributed by atoms with Crippen LogP contribution in [0.5, 0.6) is 11.5 Å². The molecule has 1 unspecified atom stereocenters. The molecule has 0 fully saturated rings. The van der Waals surface area contributed by atoms with E-state index >= 15 is 0 Å². The average molecular weight is 383 g/mol. The maximum absolute atomic E-state index is 13.1. The average Bonchev–Trinajstić information content (AvgIpc) is 3.09. The van der Waals surface area contributed by atoms with Gasteiger partial charge in [0.15, 0.2) is 11.5 Å². The largest absolute Gasteiger partial charge is 0.490 e. The van der Waals surface area contributed by atoms with Gasteiger partial charge in [0, 0.05) is 17.8 Å². The molecule has 0 saturated heterocycles. The standard InChI is InChI=1S/C22H25NO5/c1-3-5-12-28-19-11-10-15(13-20(19)27-4-2)21(24)23-14-17(22(25)26)16-8-6-7-9-18(16)23/h6-11,13,17H,3-5,12,14H2,1-2H3,(H,25,26). The number of carboxylic acid groups (broad SMARTS) is 1. The first kappa shape index (κ1) is 19.7. The topological polar surface area (TPSA) is 76.1 Å². The van der Waals surface area contributed by atoms with Crippen molar-refractivity contribution >= 4 is 17.6 Å². The van der Waals surface area contributed by atoms with Crippen molar-refractivity contribution in [3.8, 4) is 11.5 Å². The highest BCUT2D eigenvalue weighted by atomic mass is 16.5. The van der Waals surface area contributed by atoms with Crippen LogP contribution in [-0.2, 0) is 4.79 Å². The fraction of sp³-hybridized carbons (Fsp3) is 0.364. The molecule has 1 heterocycles. The van der Waals surface area contributed by atoms with Crippen molar-refractivity contribution in [3.05, 3.63) is 53.6 Å². The van der Waals surface area contributed by atoms with Gasteiger partial charge in [-0.05, 0) is 43.2 Å². The Balaban J connectivity index is 1.88. The zero-order valence-electron chi connectivity index (χ0n) is 16.2. The summed E-state index contributed by atoms with van der Waals surface area (Å²) in [7, 11) is 0. The van der Waals surface area contributed by atoms with Gasteiger partial charge in [0.25, 0.3) is 5.91 Å². The molecule has 0 radical (unpaired) electrons. The second kappa shape index (κ2) is 8.78. The number of rotatable bonds is 8. The number of hydrogen-bond donors (Lipinski definition) is 1. The van der Waals surface area contributed by atoms with Gasteiger partial charge in [0.1, 0.15) is 5.92 Å². The van der Waals surface area contributed by atoms with Gasteiger partial charge in [-0.25, -0.2) is 0 Å². The molecule has 1 amide bonds. The summed E-state index contributed by atoms with van der Waals surface area (Å²) in [5.41, 5.74) is 1.74. The molecule has 148 valence electrons. The lowest BCUT2D eigenvalue weighted by molar-refractivity contribution is -0.138. The number of anilines is 1. The lowest BCUT2D eigenvalue weighted by atomic mass is 10.0. The van der Waals surface area contributed by atoms with E-state index in [1.54, 1.807) is 42.5 Å². The molecular weight excluding hydrogens is 358 g/mol. The van der Waals surface area contributed by atoms with E-state index in [2.05, 4.69) is 6.92 Å². The molecule has 28 heavy (non-hydrogen) atoms. The van der Waals surface area contributed by atoms with Crippen LogP contribution in [0.1, 0.15) is 48.5 Å². The molecule has 6 heteroatoms. The molecule has 1 N–H and O–H groups in total. The summed E-state index contributed by atoms with van der Waals surface area (Å²) in [6, 6.07) is 12.2. The summed E-state index contributed by atoms with van der Waals surface area (Å²) in [4.78, 5) is 26.3. The van der Waals surface area contributed by atoms with Crippen LogP contribution in [0.2, 0.25) is 0 Å². The fourth-order valence-electron chi connectivity index (χ4n) is 3.32. The number of benzene rings is 2. The SMILES string of the molecule is CCCCOc1ccc(C(=O)N2CC(C(=O)O)c3ccccc32)cc1OCC. The van der Waals surface area contributed by atoms with E-state index < -0.39 is 11.9 Å². The number of amides is 1. The zero-order valence-corrected chi connectivity index (χ0v) is 16.2. The number of ether oxygens (including phenoxy) is 2. The van der Waals surface area contributed by atoms with Gasteiger partial charge in [-0.2, -0.15) is 0 Å². The first-order valence-electron chi connectivity index (χ1n) is 9.60. The van der Waals surface area contributed by atoms with Crippen LogP contribution in [0.15, 0.2) is 42.5 Å². The van der Waals surface area contributed by atoms with E-state index in [4.69, 9.17) is 9.47 Å². The second-order valence-electron chi connectivity index (χ2n) is 6.66. The van der Waals surface area contributed by atoms with E-state index in [0.717, 1.165) is 12.8 Å². The quantitative estimate of drug-likeness (QED) is 0.695. The number of aliphatic carboxylic acids is 1. The number of para-hydroxylation sites is 1. The first-order chi connectivity index (χ1) is 13.6. The van der Waals surface area contributed by atoms with Crippen molar-refractivity contribution in [1.29, 1.82) is 0 Å². The summed E-state index contributed by atoms with van der Waals surface area (Å²) in [6.45, 7) is 5.12. The Morgan fingerprint density at radius 1 is 1.11 bits per heavy atom. The lowest BCUT2D eigenvalue weighted by Crippen LogP contribution is -2.31. The fourth-order valence-corrected chi connectivity index (χ4v) is 3.32. The Morgan fingerprint density at radius 3 is 2.61 bits per heavy atom. The summed E-state index contributed by atoms with van der Waals surface area (Å²) in [5, 5.41) is 9.51. The number of carbonyl (C=O) groups excluding carboxylic acids is 1. The zero-order chi connectivity index (χ0) is 20.1. The predicted octanol–water partition coefficient (Wildman–Crippen LogP) is 4.09. The smallest absolute Gasteiger partial charge is 0.312 e. The minimum absolute atomic E-state index is 0.117. The molecule has 0 aliphatic carbocycles. The molecule has 0 spiro atoms. The van der Waals surface area contributed by atoms with E-state index in [-0.39, 0.29) is 12.5 Å². The summed E-state index contributed by atoms with van der Waals surface area (Å²) in [5.74, 6) is -0.776. The van der Waals surface area contributed by atoms with Crippen LogP contribution in [0.25, 0.3) is 0 Å². The highest BCUT2D eigenvalue weighted by molar-refractivity contribution is 6.09. The number of unbranched alkanes of at least 4 members (excludes halogenated alkanes) is 1. The Hall–Kier alpha value is -3.02. The van der Waals surface area contributed by atoms with Crippen LogP contribution in [-0.4, -0.2) is 36.7 Å². The molecule has 2 aromatic rings. The van der Waals surface area contributed by atoms with Crippen LogP contribution in [0.4, 0.5) is 5.69 Å². The van der Waals surface area contributed by atoms with Crippen LogP contribution < -0.4 is 14.4 Å². The Kier molecular flexibility index (Phi) is 6.19. The van der Waals surface area contributed by atoms with E-state index in [0.29, 0.717) is 41.5 Å². The summed E-state index contributed by atoms with van der Waals surface area (Å²) in [6.07, 6.45) is 1.97. The van der Waals surface area contributed by atoms with Crippen LogP contribution in [0, 0.1) is 0 Å². The third kappa shape index (κ3) is 3.96. The van der Waals surface area contributed by atoms with E-state index in [1.807, 2.05) is 6.92 Å². The number of nitrogens with zero attached hydrogens (tertiary/aromatic N) is 1. The third-order valence-corrected chi connectivity index (χ3v) is 4.76. The monoisotopic (exact) mass is 383 g/mol. The maximum Gasteiger partial charge on any atom is 0.312 e. The number of carbonyl (C=O) groups is 2. The van der Waals surface area contributed by atoms with E-state index in [1.165, 1.54) is 4.90 Å². The summed E-state index contributed by atoms with van der Waals surface area (Å²) >= 11 is 0. The lowest BCUT2D eigenvalue weighted by Gasteiger charge is -2.19. The van der Waals surface area contributed by atoms with Gasteiger partial charge < -0.3 is 19.5 Å². The normalized spacial score (nSPS) is 15.2. The highest BCUT2D eigenvalue weighted by Gasteiger charge is 2.36. The van der Waals surface area contributed by atoms with Gasteiger partial charge >= 0.3 is 5.97 Å². The van der Waals surface area contributed by atoms with Crippen molar-refractivity contribution in [3.63, 3.8) is 0 Å². The van der Waals surface area contributed by atoms with Crippen LogP contribution >= 0.6 is 0 Å². The van der Waals surface area contributed by atoms with Crippen molar-refractivity contribution in [2.45, 2.75) is 32.6 Å². The van der Waals surface area contributed by atoms with Gasteiger partial charge in [-0.3, -0.25) is 9.59 Å². The number of hydrogen-bond acceptors (Lipinski definition) is 4.